The van der Waals surface area contributed by atoms with E-state index >= 15 is 0 Å². The highest BCUT2D eigenvalue weighted by Gasteiger charge is 2.48. The molecule has 0 bridgehead atoms. The number of aromatic nitrogens is 2. The van der Waals surface area contributed by atoms with Crippen LogP contribution < -0.4 is 4.74 Å². The Labute approximate surface area is 172 Å². The predicted octanol–water partition coefficient (Wildman–Crippen LogP) is 2.84. The highest BCUT2D eigenvalue weighted by Crippen LogP contribution is 2.49. The molecule has 1 saturated carbocycles. The van der Waals surface area contributed by atoms with E-state index in [4.69, 9.17) is 9.72 Å². The summed E-state index contributed by atoms with van der Waals surface area (Å²) in [4.78, 5) is 4.80. The van der Waals surface area contributed by atoms with Gasteiger partial charge in [0.25, 0.3) is 10.2 Å². The molecule has 8 heteroatoms. The normalized spacial score (nSPS) is 21.5. The Kier molecular flexibility index (Phi) is 4.49. The molecule has 0 unspecified atom stereocenters. The molecule has 1 aromatic carbocycles. The molecule has 0 amide bonds. The standard InChI is InChI=1S/C21H28N4O3S/c1-23(2)29(26,27)25-12-10-21(11-13-25)20-19(17-8-3-4-9-18(17)28-21)22-15-24(20)14-16-6-5-7-16/h3-4,8-9,15-16H,5-7,10-14H2,1-2H3. The Balaban J connectivity index is 1.53. The Morgan fingerprint density at radius 2 is 1.93 bits per heavy atom. The summed E-state index contributed by atoms with van der Waals surface area (Å²) in [6.45, 7) is 1.85. The topological polar surface area (TPSA) is 67.7 Å². The zero-order chi connectivity index (χ0) is 20.2. The van der Waals surface area contributed by atoms with Crippen molar-refractivity contribution < 1.29 is 13.2 Å². The van der Waals surface area contributed by atoms with Crippen LogP contribution in [0.15, 0.2) is 30.6 Å². The second kappa shape index (κ2) is 6.82. The third kappa shape index (κ3) is 3.00. The van der Waals surface area contributed by atoms with Crippen molar-refractivity contribution in [3.05, 3.63) is 36.3 Å². The second-order valence-corrected chi connectivity index (χ2v) is 10.8. The van der Waals surface area contributed by atoms with Crippen molar-refractivity contribution in [3.63, 3.8) is 0 Å². The molecule has 1 aromatic heterocycles. The minimum atomic E-state index is -3.42. The zero-order valence-electron chi connectivity index (χ0n) is 17.0. The van der Waals surface area contributed by atoms with Crippen molar-refractivity contribution in [2.75, 3.05) is 27.2 Å². The van der Waals surface area contributed by atoms with Gasteiger partial charge < -0.3 is 9.30 Å². The third-order valence-electron chi connectivity index (χ3n) is 6.71. The van der Waals surface area contributed by atoms with Gasteiger partial charge in [-0.05, 0) is 30.9 Å². The van der Waals surface area contributed by atoms with Gasteiger partial charge in [0.15, 0.2) is 5.60 Å². The largest absolute Gasteiger partial charge is 0.480 e. The first kappa shape index (κ1) is 19.1. The molecule has 156 valence electrons. The molecular weight excluding hydrogens is 388 g/mol. The van der Waals surface area contributed by atoms with Gasteiger partial charge in [0.2, 0.25) is 0 Å². The number of piperidine rings is 1. The van der Waals surface area contributed by atoms with Crippen molar-refractivity contribution in [1.29, 1.82) is 0 Å². The average Bonchev–Trinajstić information content (AvgIpc) is 3.10. The lowest BCUT2D eigenvalue weighted by molar-refractivity contribution is 0.00475. The Bertz CT molecular complexity index is 1020. The lowest BCUT2D eigenvalue weighted by Gasteiger charge is -2.45. The van der Waals surface area contributed by atoms with E-state index in [1.807, 2.05) is 24.5 Å². The number of imidazole rings is 1. The van der Waals surface area contributed by atoms with E-state index in [1.54, 1.807) is 18.4 Å². The lowest BCUT2D eigenvalue weighted by atomic mass is 9.82. The Morgan fingerprint density at radius 3 is 2.59 bits per heavy atom. The molecule has 1 saturated heterocycles. The Morgan fingerprint density at radius 1 is 1.21 bits per heavy atom. The summed E-state index contributed by atoms with van der Waals surface area (Å²) >= 11 is 0. The number of fused-ring (bicyclic) bond motifs is 4. The van der Waals surface area contributed by atoms with Crippen LogP contribution in [0.3, 0.4) is 0 Å². The summed E-state index contributed by atoms with van der Waals surface area (Å²) < 4.78 is 37.0. The molecule has 0 N–H and O–H groups in total. The summed E-state index contributed by atoms with van der Waals surface area (Å²) in [7, 11) is -0.251. The molecule has 1 spiro atoms. The minimum absolute atomic E-state index is 0.441. The molecule has 0 atom stereocenters. The highest BCUT2D eigenvalue weighted by atomic mass is 32.2. The predicted molar refractivity (Wildman–Crippen MR) is 111 cm³/mol. The van der Waals surface area contributed by atoms with Crippen LogP contribution in [0.5, 0.6) is 5.75 Å². The molecule has 29 heavy (non-hydrogen) atoms. The molecular formula is C21H28N4O3S. The van der Waals surface area contributed by atoms with Crippen LogP contribution in [0.25, 0.3) is 11.3 Å². The Hall–Kier alpha value is -1.90. The van der Waals surface area contributed by atoms with Gasteiger partial charge in [-0.25, -0.2) is 4.98 Å². The number of para-hydroxylation sites is 1. The van der Waals surface area contributed by atoms with E-state index in [-0.39, 0.29) is 0 Å². The smallest absolute Gasteiger partial charge is 0.281 e. The van der Waals surface area contributed by atoms with Gasteiger partial charge in [0.05, 0.1) is 17.7 Å². The van der Waals surface area contributed by atoms with Crippen LogP contribution >= 0.6 is 0 Å². The summed E-state index contributed by atoms with van der Waals surface area (Å²) in [5.41, 5.74) is 2.63. The first-order chi connectivity index (χ1) is 13.9. The number of ether oxygens (including phenoxy) is 1. The SMILES string of the molecule is CN(C)S(=O)(=O)N1CCC2(CC1)Oc1ccccc1-c1ncn(CC3CCC3)c12. The molecule has 7 nitrogen and oxygen atoms in total. The maximum Gasteiger partial charge on any atom is 0.281 e. The van der Waals surface area contributed by atoms with Crippen molar-refractivity contribution in [2.24, 2.45) is 5.92 Å². The number of rotatable bonds is 4. The monoisotopic (exact) mass is 416 g/mol. The zero-order valence-corrected chi connectivity index (χ0v) is 17.9. The summed E-state index contributed by atoms with van der Waals surface area (Å²) in [5, 5.41) is 0. The number of benzene rings is 1. The maximum absolute atomic E-state index is 12.6. The number of hydrogen-bond donors (Lipinski definition) is 0. The average molecular weight is 417 g/mol. The van der Waals surface area contributed by atoms with Gasteiger partial charge in [-0.15, -0.1) is 0 Å². The van der Waals surface area contributed by atoms with Gasteiger partial charge in [-0.2, -0.15) is 17.0 Å². The molecule has 2 fully saturated rings. The van der Waals surface area contributed by atoms with Gasteiger partial charge >= 0.3 is 0 Å². The fourth-order valence-electron chi connectivity index (χ4n) is 4.81. The molecule has 2 aliphatic heterocycles. The van der Waals surface area contributed by atoms with Gasteiger partial charge in [0, 0.05) is 52.1 Å². The molecule has 0 radical (unpaired) electrons. The van der Waals surface area contributed by atoms with E-state index in [0.29, 0.717) is 31.8 Å². The molecule has 3 heterocycles. The van der Waals surface area contributed by atoms with Gasteiger partial charge in [-0.3, -0.25) is 0 Å². The summed E-state index contributed by atoms with van der Waals surface area (Å²) in [5.74, 6) is 1.55. The first-order valence-corrected chi connectivity index (χ1v) is 11.8. The highest BCUT2D eigenvalue weighted by molar-refractivity contribution is 7.86. The second-order valence-electron chi connectivity index (χ2n) is 8.67. The quantitative estimate of drug-likeness (QED) is 0.769. The van der Waals surface area contributed by atoms with Gasteiger partial charge in [-0.1, -0.05) is 18.6 Å². The first-order valence-electron chi connectivity index (χ1n) is 10.4. The fraction of sp³-hybridized carbons (Fsp3) is 0.571. The van der Waals surface area contributed by atoms with Crippen LogP contribution in [0, 0.1) is 5.92 Å². The van der Waals surface area contributed by atoms with Crippen LogP contribution in [0.2, 0.25) is 0 Å². The third-order valence-corrected chi connectivity index (χ3v) is 8.65. The van der Waals surface area contributed by atoms with E-state index in [9.17, 15) is 8.42 Å². The van der Waals surface area contributed by atoms with Crippen molar-refractivity contribution in [3.8, 4) is 17.0 Å². The van der Waals surface area contributed by atoms with Crippen molar-refractivity contribution in [2.45, 2.75) is 44.2 Å². The van der Waals surface area contributed by atoms with E-state index in [0.717, 1.165) is 29.2 Å². The van der Waals surface area contributed by atoms with E-state index in [1.165, 1.54) is 23.6 Å². The summed E-state index contributed by atoms with van der Waals surface area (Å²) in [6.07, 6.45) is 7.05. The number of hydrogen-bond acceptors (Lipinski definition) is 4. The molecule has 1 aliphatic carbocycles. The van der Waals surface area contributed by atoms with Crippen LogP contribution in [0.4, 0.5) is 0 Å². The van der Waals surface area contributed by atoms with Gasteiger partial charge in [0.1, 0.15) is 5.75 Å². The molecule has 2 aromatic rings. The van der Waals surface area contributed by atoms with Crippen LogP contribution in [-0.2, 0) is 22.4 Å². The van der Waals surface area contributed by atoms with Crippen molar-refractivity contribution in [1.82, 2.24) is 18.2 Å². The maximum atomic E-state index is 12.6. The molecule has 5 rings (SSSR count). The number of nitrogens with zero attached hydrogens (tertiary/aromatic N) is 4. The lowest BCUT2D eigenvalue weighted by Crippen LogP contribution is -2.52. The van der Waals surface area contributed by atoms with Crippen molar-refractivity contribution >= 4 is 10.2 Å². The fourth-order valence-corrected chi connectivity index (χ4v) is 5.91. The minimum Gasteiger partial charge on any atom is -0.480 e. The van der Waals surface area contributed by atoms with E-state index < -0.39 is 15.8 Å². The summed E-state index contributed by atoms with van der Waals surface area (Å²) in [6, 6.07) is 8.05. The van der Waals surface area contributed by atoms with Crippen LogP contribution in [0.1, 0.15) is 37.8 Å². The van der Waals surface area contributed by atoms with Crippen LogP contribution in [-0.4, -0.2) is 53.8 Å². The molecule has 3 aliphatic rings. The van der Waals surface area contributed by atoms with E-state index in [2.05, 4.69) is 10.6 Å².